The van der Waals surface area contributed by atoms with Crippen LogP contribution in [0.1, 0.15) is 16.1 Å². The number of aryl methyl sites for hydroxylation is 1. The topological polar surface area (TPSA) is 56.0 Å². The van der Waals surface area contributed by atoms with E-state index in [9.17, 15) is 4.79 Å². The van der Waals surface area contributed by atoms with Gasteiger partial charge in [0.1, 0.15) is 5.69 Å². The smallest absolute Gasteiger partial charge is 0.267 e. The molecule has 0 spiro atoms. The third-order valence-electron chi connectivity index (χ3n) is 2.17. The van der Waals surface area contributed by atoms with Crippen LogP contribution in [0.15, 0.2) is 28.7 Å². The normalized spacial score (nSPS) is 10.5. The summed E-state index contributed by atoms with van der Waals surface area (Å²) in [4.78, 5) is 15.2. The monoisotopic (exact) mass is 264 g/mol. The number of fused-ring (bicyclic) bond motifs is 1. The number of hydrogen-bond acceptors (Lipinski definition) is 2. The maximum absolute atomic E-state index is 11.0. The zero-order chi connectivity index (χ0) is 11.0. The summed E-state index contributed by atoms with van der Waals surface area (Å²) >= 11 is 3.39. The van der Waals surface area contributed by atoms with Gasteiger partial charge in [-0.25, -0.2) is 4.98 Å². The molecule has 0 bridgehead atoms. The number of benzene rings is 1. The van der Waals surface area contributed by atoms with Crippen molar-refractivity contribution in [3.63, 3.8) is 0 Å². The van der Waals surface area contributed by atoms with E-state index in [0.29, 0.717) is 0 Å². The highest BCUT2D eigenvalue weighted by Gasteiger charge is 2.07. The Kier molecular flexibility index (Phi) is 2.44. The van der Waals surface area contributed by atoms with Crippen molar-refractivity contribution in [1.29, 1.82) is 0 Å². The van der Waals surface area contributed by atoms with Crippen LogP contribution < -0.4 is 5.73 Å². The number of halogens is 1. The minimum absolute atomic E-state index is 0.278. The van der Waals surface area contributed by atoms with Gasteiger partial charge in [0.15, 0.2) is 0 Å². The van der Waals surface area contributed by atoms with Gasteiger partial charge >= 0.3 is 0 Å². The van der Waals surface area contributed by atoms with Gasteiger partial charge in [-0.3, -0.25) is 4.79 Å². The number of amides is 1. The highest BCUT2D eigenvalue weighted by molar-refractivity contribution is 9.10. The Labute approximate surface area is 95.4 Å². The van der Waals surface area contributed by atoms with Gasteiger partial charge in [0.2, 0.25) is 0 Å². The van der Waals surface area contributed by atoms with Crippen LogP contribution in [0.5, 0.6) is 0 Å². The molecule has 1 amide bonds. The molecule has 1 aromatic carbocycles. The van der Waals surface area contributed by atoms with Gasteiger partial charge in [0.25, 0.3) is 5.91 Å². The molecule has 4 heteroatoms. The van der Waals surface area contributed by atoms with Crippen molar-refractivity contribution in [3.05, 3.63) is 40.0 Å². The van der Waals surface area contributed by atoms with Crippen LogP contribution in [0.2, 0.25) is 0 Å². The molecule has 2 rings (SSSR count). The highest BCUT2D eigenvalue weighted by atomic mass is 79.9. The Bertz CT molecular complexity index is 552. The van der Waals surface area contributed by atoms with Crippen LogP contribution in [0.3, 0.4) is 0 Å². The van der Waals surface area contributed by atoms with Gasteiger partial charge in [-0.15, -0.1) is 0 Å². The SMILES string of the molecule is Cc1ccc2c(Br)cc(C(N)=O)nc2c1. The second-order valence-electron chi connectivity index (χ2n) is 3.37. The molecule has 0 radical (unpaired) electrons. The lowest BCUT2D eigenvalue weighted by atomic mass is 10.1. The molecule has 0 aliphatic carbocycles. The standard InChI is InChI=1S/C11H9BrN2O/c1-6-2-3-7-8(12)5-10(11(13)15)14-9(7)4-6/h2-5H,1H3,(H2,13,15). The van der Waals surface area contributed by atoms with E-state index in [1.54, 1.807) is 6.07 Å². The second-order valence-corrected chi connectivity index (χ2v) is 4.23. The summed E-state index contributed by atoms with van der Waals surface area (Å²) in [5.74, 6) is -0.515. The van der Waals surface area contributed by atoms with Gasteiger partial charge in [0, 0.05) is 9.86 Å². The van der Waals surface area contributed by atoms with Gasteiger partial charge < -0.3 is 5.73 Å². The first-order chi connectivity index (χ1) is 7.08. The van der Waals surface area contributed by atoms with Gasteiger partial charge in [-0.1, -0.05) is 28.1 Å². The summed E-state index contributed by atoms with van der Waals surface area (Å²) in [6.07, 6.45) is 0. The molecule has 1 aromatic heterocycles. The maximum atomic E-state index is 11.0. The molecule has 0 aliphatic rings. The largest absolute Gasteiger partial charge is 0.364 e. The summed E-state index contributed by atoms with van der Waals surface area (Å²) in [6, 6.07) is 7.53. The number of nitrogens with zero attached hydrogens (tertiary/aromatic N) is 1. The minimum Gasteiger partial charge on any atom is -0.364 e. The molecule has 2 aromatic rings. The van der Waals surface area contributed by atoms with E-state index in [-0.39, 0.29) is 5.69 Å². The van der Waals surface area contributed by atoms with Gasteiger partial charge in [0.05, 0.1) is 5.52 Å². The molecule has 76 valence electrons. The van der Waals surface area contributed by atoms with Crippen molar-refractivity contribution < 1.29 is 4.79 Å². The molecule has 0 atom stereocenters. The fraction of sp³-hybridized carbons (Fsp3) is 0.0909. The first-order valence-electron chi connectivity index (χ1n) is 4.44. The van der Waals surface area contributed by atoms with Crippen molar-refractivity contribution in [2.75, 3.05) is 0 Å². The lowest BCUT2D eigenvalue weighted by Crippen LogP contribution is -2.13. The number of nitrogens with two attached hydrogens (primary N) is 1. The predicted molar refractivity (Wildman–Crippen MR) is 62.7 cm³/mol. The average Bonchev–Trinajstić information content (AvgIpc) is 2.16. The third-order valence-corrected chi connectivity index (χ3v) is 2.82. The molecule has 0 aliphatic heterocycles. The summed E-state index contributed by atoms with van der Waals surface area (Å²) in [5, 5.41) is 0.977. The van der Waals surface area contributed by atoms with Crippen molar-refractivity contribution >= 4 is 32.7 Å². The third kappa shape index (κ3) is 1.85. The number of pyridine rings is 1. The Morgan fingerprint density at radius 3 is 2.80 bits per heavy atom. The number of hydrogen-bond donors (Lipinski definition) is 1. The number of primary amides is 1. The van der Waals surface area contributed by atoms with Gasteiger partial charge in [-0.05, 0) is 24.6 Å². The molecule has 2 N–H and O–H groups in total. The molecule has 0 unspecified atom stereocenters. The van der Waals surface area contributed by atoms with E-state index >= 15 is 0 Å². The van der Waals surface area contributed by atoms with Crippen molar-refractivity contribution in [2.24, 2.45) is 5.73 Å². The minimum atomic E-state index is -0.515. The first kappa shape index (κ1) is 10.1. The summed E-state index contributed by atoms with van der Waals surface area (Å²) < 4.78 is 0.835. The number of aromatic nitrogens is 1. The number of carbonyl (C=O) groups excluding carboxylic acids is 1. The molecular formula is C11H9BrN2O. The predicted octanol–water partition coefficient (Wildman–Crippen LogP) is 2.40. The first-order valence-corrected chi connectivity index (χ1v) is 5.24. The lowest BCUT2D eigenvalue weighted by molar-refractivity contribution is 0.0996. The van der Waals surface area contributed by atoms with E-state index in [1.807, 2.05) is 25.1 Å². The summed E-state index contributed by atoms with van der Waals surface area (Å²) in [6.45, 7) is 1.98. The van der Waals surface area contributed by atoms with Crippen LogP contribution in [-0.2, 0) is 0 Å². The second kappa shape index (κ2) is 3.62. The quantitative estimate of drug-likeness (QED) is 0.860. The number of rotatable bonds is 1. The van der Waals surface area contributed by atoms with Crippen molar-refractivity contribution in [3.8, 4) is 0 Å². The fourth-order valence-electron chi connectivity index (χ4n) is 1.42. The zero-order valence-corrected chi connectivity index (χ0v) is 9.71. The Hall–Kier alpha value is -1.42. The fourth-order valence-corrected chi connectivity index (χ4v) is 1.97. The van der Waals surface area contributed by atoms with Crippen molar-refractivity contribution in [1.82, 2.24) is 4.98 Å². The van der Waals surface area contributed by atoms with Crippen LogP contribution in [0.25, 0.3) is 10.9 Å². The molecule has 15 heavy (non-hydrogen) atoms. The molecule has 1 heterocycles. The zero-order valence-electron chi connectivity index (χ0n) is 8.12. The molecule has 3 nitrogen and oxygen atoms in total. The van der Waals surface area contributed by atoms with Crippen molar-refractivity contribution in [2.45, 2.75) is 6.92 Å². The maximum Gasteiger partial charge on any atom is 0.267 e. The van der Waals surface area contributed by atoms with E-state index in [4.69, 9.17) is 5.73 Å². The van der Waals surface area contributed by atoms with E-state index < -0.39 is 5.91 Å². The summed E-state index contributed by atoms with van der Waals surface area (Å²) in [7, 11) is 0. The molecule has 0 fully saturated rings. The Morgan fingerprint density at radius 2 is 2.13 bits per heavy atom. The van der Waals surface area contributed by atoms with E-state index in [0.717, 1.165) is 20.9 Å². The van der Waals surface area contributed by atoms with Crippen LogP contribution >= 0.6 is 15.9 Å². The van der Waals surface area contributed by atoms with Crippen LogP contribution in [-0.4, -0.2) is 10.9 Å². The lowest BCUT2D eigenvalue weighted by Gasteiger charge is -2.03. The average molecular weight is 265 g/mol. The molecular weight excluding hydrogens is 256 g/mol. The van der Waals surface area contributed by atoms with Crippen LogP contribution in [0.4, 0.5) is 0 Å². The molecule has 0 saturated heterocycles. The molecule has 0 saturated carbocycles. The van der Waals surface area contributed by atoms with E-state index in [1.165, 1.54) is 0 Å². The highest BCUT2D eigenvalue weighted by Crippen LogP contribution is 2.24. The Balaban J connectivity index is 2.79. The Morgan fingerprint density at radius 1 is 1.40 bits per heavy atom. The summed E-state index contributed by atoms with van der Waals surface area (Å²) in [5.41, 5.74) is 7.34. The van der Waals surface area contributed by atoms with Gasteiger partial charge in [-0.2, -0.15) is 0 Å². The van der Waals surface area contributed by atoms with E-state index in [2.05, 4.69) is 20.9 Å². The number of carbonyl (C=O) groups is 1. The van der Waals surface area contributed by atoms with Crippen LogP contribution in [0, 0.1) is 6.92 Å².